The minimum Gasteiger partial charge on any atom is -0.396 e. The molecule has 0 radical (unpaired) electrons. The SMILES string of the molecule is COCCCN(Cc1ccccn1)c1cc(NCCCO)c(C)c2n[nH]nc12. The van der Waals surface area contributed by atoms with Crippen LogP contribution >= 0.6 is 0 Å². The third kappa shape index (κ3) is 4.76. The summed E-state index contributed by atoms with van der Waals surface area (Å²) in [5.74, 6) is 0. The first kappa shape index (κ1) is 20.0. The van der Waals surface area contributed by atoms with Crippen LogP contribution in [0.3, 0.4) is 0 Å². The highest BCUT2D eigenvalue weighted by molar-refractivity contribution is 5.94. The van der Waals surface area contributed by atoms with E-state index in [2.05, 4.69) is 36.7 Å². The first-order chi connectivity index (χ1) is 13.7. The number of pyridine rings is 1. The molecule has 0 aliphatic rings. The number of hydrogen-bond donors (Lipinski definition) is 3. The van der Waals surface area contributed by atoms with Crippen molar-refractivity contribution in [3.8, 4) is 0 Å². The molecule has 0 spiro atoms. The molecule has 3 rings (SSSR count). The second-order valence-electron chi connectivity index (χ2n) is 6.68. The van der Waals surface area contributed by atoms with Crippen molar-refractivity contribution in [2.45, 2.75) is 26.3 Å². The van der Waals surface area contributed by atoms with Gasteiger partial charge < -0.3 is 20.1 Å². The average Bonchev–Trinajstić information content (AvgIpc) is 3.20. The van der Waals surface area contributed by atoms with Crippen LogP contribution in [0.25, 0.3) is 11.0 Å². The zero-order valence-corrected chi connectivity index (χ0v) is 16.5. The zero-order valence-electron chi connectivity index (χ0n) is 16.5. The van der Waals surface area contributed by atoms with Gasteiger partial charge in [0, 0.05) is 50.9 Å². The number of aliphatic hydroxyl groups is 1. The van der Waals surface area contributed by atoms with Crippen LogP contribution in [0.5, 0.6) is 0 Å². The van der Waals surface area contributed by atoms with Crippen LogP contribution in [0.15, 0.2) is 30.5 Å². The van der Waals surface area contributed by atoms with Gasteiger partial charge in [0.2, 0.25) is 0 Å². The number of hydrogen-bond acceptors (Lipinski definition) is 7. The Balaban J connectivity index is 1.96. The fraction of sp³-hybridized carbons (Fsp3) is 0.450. The van der Waals surface area contributed by atoms with Gasteiger partial charge in [-0.25, -0.2) is 0 Å². The van der Waals surface area contributed by atoms with Gasteiger partial charge in [-0.2, -0.15) is 15.4 Å². The molecule has 28 heavy (non-hydrogen) atoms. The molecular formula is C20H28N6O2. The molecule has 3 N–H and O–H groups in total. The summed E-state index contributed by atoms with van der Waals surface area (Å²) in [5.41, 5.74) is 5.73. The van der Waals surface area contributed by atoms with Crippen LogP contribution in [-0.2, 0) is 11.3 Å². The molecule has 0 aliphatic carbocycles. The number of aliphatic hydroxyl groups excluding tert-OH is 1. The van der Waals surface area contributed by atoms with Gasteiger partial charge in [0.25, 0.3) is 0 Å². The van der Waals surface area contributed by atoms with Crippen molar-refractivity contribution in [3.05, 3.63) is 41.7 Å². The van der Waals surface area contributed by atoms with Crippen molar-refractivity contribution in [3.63, 3.8) is 0 Å². The maximum atomic E-state index is 9.09. The smallest absolute Gasteiger partial charge is 0.136 e. The second-order valence-corrected chi connectivity index (χ2v) is 6.68. The number of anilines is 2. The molecule has 0 aliphatic heterocycles. The van der Waals surface area contributed by atoms with Gasteiger partial charge in [-0.1, -0.05) is 6.07 Å². The third-order valence-corrected chi connectivity index (χ3v) is 4.68. The molecule has 8 heteroatoms. The van der Waals surface area contributed by atoms with Gasteiger partial charge >= 0.3 is 0 Å². The highest BCUT2D eigenvalue weighted by atomic mass is 16.5. The topological polar surface area (TPSA) is 99.2 Å². The van der Waals surface area contributed by atoms with E-state index in [0.717, 1.165) is 46.6 Å². The average molecular weight is 384 g/mol. The van der Waals surface area contributed by atoms with E-state index < -0.39 is 0 Å². The molecule has 0 unspecified atom stereocenters. The van der Waals surface area contributed by atoms with E-state index in [4.69, 9.17) is 9.84 Å². The number of benzene rings is 1. The van der Waals surface area contributed by atoms with E-state index in [9.17, 15) is 0 Å². The van der Waals surface area contributed by atoms with Crippen LogP contribution in [0.4, 0.5) is 11.4 Å². The number of aromatic nitrogens is 4. The van der Waals surface area contributed by atoms with Crippen molar-refractivity contribution < 1.29 is 9.84 Å². The first-order valence-electron chi connectivity index (χ1n) is 9.57. The van der Waals surface area contributed by atoms with Crippen LogP contribution in [0.1, 0.15) is 24.1 Å². The highest BCUT2D eigenvalue weighted by Crippen LogP contribution is 2.33. The minimum atomic E-state index is 0.161. The Morgan fingerprint density at radius 1 is 1.21 bits per heavy atom. The predicted molar refractivity (Wildman–Crippen MR) is 111 cm³/mol. The van der Waals surface area contributed by atoms with E-state index in [1.54, 1.807) is 7.11 Å². The molecule has 0 fully saturated rings. The molecule has 150 valence electrons. The van der Waals surface area contributed by atoms with Crippen LogP contribution in [0, 0.1) is 6.92 Å². The summed E-state index contributed by atoms with van der Waals surface area (Å²) in [6.07, 6.45) is 3.40. The van der Waals surface area contributed by atoms with Crippen molar-refractivity contribution in [1.82, 2.24) is 20.4 Å². The fourth-order valence-corrected chi connectivity index (χ4v) is 3.21. The van der Waals surface area contributed by atoms with Crippen molar-refractivity contribution in [2.24, 2.45) is 0 Å². The molecule has 0 saturated carbocycles. The number of rotatable bonds is 11. The molecule has 8 nitrogen and oxygen atoms in total. The molecule has 1 aromatic carbocycles. The van der Waals surface area contributed by atoms with Crippen molar-refractivity contribution >= 4 is 22.4 Å². The lowest BCUT2D eigenvalue weighted by Crippen LogP contribution is -2.26. The first-order valence-corrected chi connectivity index (χ1v) is 9.57. The zero-order chi connectivity index (χ0) is 19.8. The Hall–Kier alpha value is -2.71. The lowest BCUT2D eigenvalue weighted by molar-refractivity contribution is 0.196. The van der Waals surface area contributed by atoms with E-state index in [0.29, 0.717) is 26.1 Å². The Morgan fingerprint density at radius 3 is 2.82 bits per heavy atom. The van der Waals surface area contributed by atoms with Gasteiger partial charge in [0.15, 0.2) is 0 Å². The molecule has 2 aromatic heterocycles. The van der Waals surface area contributed by atoms with Gasteiger partial charge in [-0.05, 0) is 38.0 Å². The normalized spacial score (nSPS) is 11.1. The summed E-state index contributed by atoms with van der Waals surface area (Å²) >= 11 is 0. The molecule has 3 aromatic rings. The second kappa shape index (κ2) is 10.0. The Kier molecular flexibility index (Phi) is 7.16. The maximum Gasteiger partial charge on any atom is 0.136 e. The number of fused-ring (bicyclic) bond motifs is 1. The Labute approximate surface area is 164 Å². The van der Waals surface area contributed by atoms with Crippen LogP contribution in [0.2, 0.25) is 0 Å². The Morgan fingerprint density at radius 2 is 2.07 bits per heavy atom. The largest absolute Gasteiger partial charge is 0.396 e. The van der Waals surface area contributed by atoms with Gasteiger partial charge in [-0.3, -0.25) is 4.98 Å². The summed E-state index contributed by atoms with van der Waals surface area (Å²) in [4.78, 5) is 6.75. The lowest BCUT2D eigenvalue weighted by atomic mass is 10.1. The van der Waals surface area contributed by atoms with E-state index in [1.807, 2.05) is 31.3 Å². The predicted octanol–water partition coefficient (Wildman–Crippen LogP) is 2.50. The van der Waals surface area contributed by atoms with Gasteiger partial charge in [-0.15, -0.1) is 0 Å². The summed E-state index contributed by atoms with van der Waals surface area (Å²) in [6, 6.07) is 8.06. The standard InChI is InChI=1S/C20H28N6O2/c1-15-17(22-9-5-11-27)13-18(20-19(15)23-25-24-20)26(10-6-12-28-2)14-16-7-3-4-8-21-16/h3-4,7-8,13,22,27H,5-6,9-12,14H2,1-2H3,(H,23,24,25). The molecule has 2 heterocycles. The number of methoxy groups -OCH3 is 1. The number of nitrogens with one attached hydrogen (secondary N) is 2. The van der Waals surface area contributed by atoms with Crippen LogP contribution in [-0.4, -0.2) is 58.9 Å². The Bertz CT molecular complexity index is 868. The maximum absolute atomic E-state index is 9.09. The quantitative estimate of drug-likeness (QED) is 0.437. The number of aromatic amines is 1. The number of nitrogens with zero attached hydrogens (tertiary/aromatic N) is 4. The van der Waals surface area contributed by atoms with Crippen molar-refractivity contribution in [2.75, 3.05) is 43.6 Å². The lowest BCUT2D eigenvalue weighted by Gasteiger charge is -2.26. The number of ether oxygens (including phenoxy) is 1. The summed E-state index contributed by atoms with van der Waals surface area (Å²) < 4.78 is 5.25. The highest BCUT2D eigenvalue weighted by Gasteiger charge is 2.18. The molecule has 0 saturated heterocycles. The number of aryl methyl sites for hydroxylation is 1. The summed E-state index contributed by atoms with van der Waals surface area (Å²) in [5, 5.41) is 24.0. The molecule has 0 bridgehead atoms. The summed E-state index contributed by atoms with van der Waals surface area (Å²) in [6.45, 7) is 5.06. The monoisotopic (exact) mass is 384 g/mol. The summed E-state index contributed by atoms with van der Waals surface area (Å²) in [7, 11) is 1.72. The van der Waals surface area contributed by atoms with E-state index >= 15 is 0 Å². The molecule has 0 amide bonds. The third-order valence-electron chi connectivity index (χ3n) is 4.68. The number of H-pyrrole nitrogens is 1. The molecule has 0 atom stereocenters. The van der Waals surface area contributed by atoms with E-state index in [-0.39, 0.29) is 6.61 Å². The van der Waals surface area contributed by atoms with Crippen LogP contribution < -0.4 is 10.2 Å². The fourth-order valence-electron chi connectivity index (χ4n) is 3.21. The van der Waals surface area contributed by atoms with Crippen molar-refractivity contribution in [1.29, 1.82) is 0 Å². The van der Waals surface area contributed by atoms with Gasteiger partial charge in [0.05, 0.1) is 17.9 Å². The molecular weight excluding hydrogens is 356 g/mol. The van der Waals surface area contributed by atoms with Gasteiger partial charge in [0.1, 0.15) is 11.0 Å². The van der Waals surface area contributed by atoms with E-state index in [1.165, 1.54) is 0 Å². The minimum absolute atomic E-state index is 0.161.